The van der Waals surface area contributed by atoms with E-state index in [9.17, 15) is 28.3 Å². The van der Waals surface area contributed by atoms with Gasteiger partial charge in [-0.05, 0) is 77.7 Å². The van der Waals surface area contributed by atoms with Gasteiger partial charge in [-0.25, -0.2) is 13.8 Å². The average molecular weight is 776 g/mol. The normalized spacial score (nSPS) is 19.4. The molecule has 2 atom stereocenters. The molecule has 0 spiro atoms. The second kappa shape index (κ2) is 13.7. The van der Waals surface area contributed by atoms with Crippen LogP contribution in [0, 0.1) is 20.4 Å². The summed E-state index contributed by atoms with van der Waals surface area (Å²) in [5, 5.41) is 11.4. The van der Waals surface area contributed by atoms with Crippen LogP contribution in [-0.2, 0) is 11.3 Å². The Morgan fingerprint density at radius 2 is 1.77 bits per heavy atom. The van der Waals surface area contributed by atoms with Crippen LogP contribution < -0.4 is 16.0 Å². The molecule has 3 N–H and O–H groups in total. The standard InChI is InChI=1S/C33H32F2IN5O5S/c34-21-6-8-22(9-7-21)46-29-27(37)31(43)41(19-38-29)18-33(45)11-14-39(15-12-33)30(42)23-10-13-40(17-24(23)20-4-2-1-3-5-20)32(44)28-25(35)16-26(36)47-28/h1-9,16,19,23-24,45H,10-15,17-18,37H2/t23-,24+/m1/s1. The summed E-state index contributed by atoms with van der Waals surface area (Å²) in [7, 11) is 0. The molecule has 47 heavy (non-hydrogen) atoms. The number of thiophene rings is 1. The summed E-state index contributed by atoms with van der Waals surface area (Å²) < 4.78 is 35.1. The first-order valence-corrected chi connectivity index (χ1v) is 17.0. The van der Waals surface area contributed by atoms with Gasteiger partial charge >= 0.3 is 0 Å². The Morgan fingerprint density at radius 1 is 1.06 bits per heavy atom. The van der Waals surface area contributed by atoms with Crippen LogP contribution in [0.4, 0.5) is 14.5 Å². The van der Waals surface area contributed by atoms with E-state index in [1.165, 1.54) is 41.2 Å². The van der Waals surface area contributed by atoms with E-state index < -0.39 is 28.7 Å². The van der Waals surface area contributed by atoms with Crippen molar-refractivity contribution in [2.75, 3.05) is 31.9 Å². The van der Waals surface area contributed by atoms with Crippen molar-refractivity contribution in [2.45, 2.75) is 37.3 Å². The zero-order chi connectivity index (χ0) is 33.3. The van der Waals surface area contributed by atoms with Gasteiger partial charge in [-0.15, -0.1) is 11.3 Å². The quantitative estimate of drug-likeness (QED) is 0.257. The predicted molar refractivity (Wildman–Crippen MR) is 180 cm³/mol. The molecule has 2 aromatic carbocycles. The van der Waals surface area contributed by atoms with E-state index in [4.69, 9.17) is 10.5 Å². The SMILES string of the molecule is Nc1c(Oc2ccc(F)cc2)ncn(CC2(O)CCN(C(=O)[C@@H]3CCN(C(=O)c4sc(I)cc4F)C[C@H]3c3ccccc3)CC2)c1=O. The highest BCUT2D eigenvalue weighted by Crippen LogP contribution is 2.37. The molecule has 4 aromatic rings. The Kier molecular flexibility index (Phi) is 9.62. The van der Waals surface area contributed by atoms with Crippen molar-refractivity contribution >= 4 is 51.4 Å². The summed E-state index contributed by atoms with van der Waals surface area (Å²) in [5.74, 6) is -1.95. The molecule has 0 radical (unpaired) electrons. The van der Waals surface area contributed by atoms with Crippen LogP contribution in [0.25, 0.3) is 0 Å². The number of halogens is 3. The molecule has 2 fully saturated rings. The summed E-state index contributed by atoms with van der Waals surface area (Å²) in [6.45, 7) is 1.08. The molecule has 2 aliphatic heterocycles. The molecule has 4 heterocycles. The van der Waals surface area contributed by atoms with Crippen LogP contribution in [0.3, 0.4) is 0 Å². The molecule has 6 rings (SSSR count). The lowest BCUT2D eigenvalue weighted by atomic mass is 9.79. The van der Waals surface area contributed by atoms with E-state index in [1.54, 1.807) is 9.80 Å². The first-order valence-electron chi connectivity index (χ1n) is 15.1. The van der Waals surface area contributed by atoms with Gasteiger partial charge in [0.2, 0.25) is 11.8 Å². The zero-order valence-corrected chi connectivity index (χ0v) is 28.1. The Bertz CT molecular complexity index is 1830. The van der Waals surface area contributed by atoms with Gasteiger partial charge < -0.3 is 25.4 Å². The largest absolute Gasteiger partial charge is 0.437 e. The zero-order valence-electron chi connectivity index (χ0n) is 25.2. The maximum Gasteiger partial charge on any atom is 0.280 e. The number of carbonyl (C=O) groups is 2. The molecule has 2 saturated heterocycles. The molecule has 2 amide bonds. The van der Waals surface area contributed by atoms with E-state index in [1.807, 2.05) is 52.9 Å². The summed E-state index contributed by atoms with van der Waals surface area (Å²) >= 11 is 3.11. The third kappa shape index (κ3) is 7.18. The maximum atomic E-state index is 14.5. The highest BCUT2D eigenvalue weighted by molar-refractivity contribution is 14.1. The number of anilines is 1. The average Bonchev–Trinajstić information content (AvgIpc) is 3.42. The first kappa shape index (κ1) is 33.0. The minimum Gasteiger partial charge on any atom is -0.437 e. The van der Waals surface area contributed by atoms with Crippen LogP contribution in [0.1, 0.15) is 40.4 Å². The molecular weight excluding hydrogens is 743 g/mol. The van der Waals surface area contributed by atoms with Crippen LogP contribution in [0.2, 0.25) is 0 Å². The fraction of sp³-hybridized carbons (Fsp3) is 0.333. The fourth-order valence-corrected chi connectivity index (χ4v) is 7.92. The second-order valence-electron chi connectivity index (χ2n) is 11.9. The number of aliphatic hydroxyl groups is 1. The Hall–Kier alpha value is -3.89. The van der Waals surface area contributed by atoms with Crippen LogP contribution in [0.15, 0.2) is 71.8 Å². The molecule has 0 unspecified atom stereocenters. The van der Waals surface area contributed by atoms with Gasteiger partial charge in [-0.2, -0.15) is 0 Å². The number of rotatable bonds is 7. The monoisotopic (exact) mass is 775 g/mol. The minimum absolute atomic E-state index is 0.0600. The molecule has 2 aromatic heterocycles. The van der Waals surface area contributed by atoms with Crippen molar-refractivity contribution in [3.63, 3.8) is 0 Å². The minimum atomic E-state index is -1.29. The summed E-state index contributed by atoms with van der Waals surface area (Å²) in [4.78, 5) is 47.9. The Labute approximate surface area is 286 Å². The number of amides is 2. The lowest BCUT2D eigenvalue weighted by Gasteiger charge is -2.43. The summed E-state index contributed by atoms with van der Waals surface area (Å²) in [6, 6.07) is 16.1. The first-order chi connectivity index (χ1) is 22.5. The maximum absolute atomic E-state index is 14.5. The number of benzene rings is 2. The topological polar surface area (TPSA) is 131 Å². The van der Waals surface area contributed by atoms with Crippen molar-refractivity contribution in [2.24, 2.45) is 5.92 Å². The van der Waals surface area contributed by atoms with Crippen molar-refractivity contribution in [3.05, 3.63) is 102 Å². The third-order valence-corrected chi connectivity index (χ3v) is 10.7. The van der Waals surface area contributed by atoms with Crippen LogP contribution in [-0.4, -0.2) is 68.1 Å². The highest BCUT2D eigenvalue weighted by atomic mass is 127. The number of carbonyl (C=O) groups excluding carboxylic acids is 2. The van der Waals surface area contributed by atoms with Gasteiger partial charge in [0.05, 0.1) is 15.0 Å². The number of hydrogen-bond donors (Lipinski definition) is 2. The van der Waals surface area contributed by atoms with Crippen molar-refractivity contribution < 1.29 is 28.2 Å². The van der Waals surface area contributed by atoms with Crippen molar-refractivity contribution in [3.8, 4) is 11.6 Å². The van der Waals surface area contributed by atoms with Gasteiger partial charge in [-0.3, -0.25) is 19.0 Å². The lowest BCUT2D eigenvalue weighted by Crippen LogP contribution is -2.53. The van der Waals surface area contributed by atoms with Crippen molar-refractivity contribution in [1.82, 2.24) is 19.4 Å². The van der Waals surface area contributed by atoms with E-state index in [2.05, 4.69) is 4.98 Å². The molecule has 0 bridgehead atoms. The number of aromatic nitrogens is 2. The van der Waals surface area contributed by atoms with Gasteiger partial charge in [0.25, 0.3) is 11.5 Å². The van der Waals surface area contributed by atoms with Crippen LogP contribution in [0.5, 0.6) is 11.6 Å². The Balaban J connectivity index is 1.12. The summed E-state index contributed by atoms with van der Waals surface area (Å²) in [6.07, 6.45) is 2.11. The van der Waals surface area contributed by atoms with E-state index in [-0.39, 0.29) is 78.9 Å². The molecule has 246 valence electrons. The molecule has 0 aliphatic carbocycles. The number of ether oxygens (including phenoxy) is 1. The highest BCUT2D eigenvalue weighted by Gasteiger charge is 2.42. The van der Waals surface area contributed by atoms with E-state index in [0.717, 1.165) is 16.9 Å². The third-order valence-electron chi connectivity index (χ3n) is 8.83. The molecule has 14 heteroatoms. The molecular formula is C33H32F2IN5O5S. The summed E-state index contributed by atoms with van der Waals surface area (Å²) in [5.41, 5.74) is 4.81. The molecule has 10 nitrogen and oxygen atoms in total. The smallest absolute Gasteiger partial charge is 0.280 e. The number of piperidine rings is 2. The van der Waals surface area contributed by atoms with Gasteiger partial charge in [-0.1, -0.05) is 30.3 Å². The number of nitrogens with zero attached hydrogens (tertiary/aromatic N) is 4. The lowest BCUT2D eigenvalue weighted by molar-refractivity contribution is -0.142. The fourth-order valence-electron chi connectivity index (χ4n) is 6.25. The van der Waals surface area contributed by atoms with Crippen LogP contribution >= 0.6 is 33.9 Å². The predicted octanol–water partition coefficient (Wildman–Crippen LogP) is 4.86. The number of nitrogens with two attached hydrogens (primary N) is 1. The van der Waals surface area contributed by atoms with E-state index >= 15 is 0 Å². The van der Waals surface area contributed by atoms with Gasteiger partial charge in [0.1, 0.15) is 28.6 Å². The van der Waals surface area contributed by atoms with Gasteiger partial charge in [0.15, 0.2) is 5.69 Å². The number of hydrogen-bond acceptors (Lipinski definition) is 8. The van der Waals surface area contributed by atoms with E-state index in [0.29, 0.717) is 15.8 Å². The molecule has 0 saturated carbocycles. The number of likely N-dealkylation sites (tertiary alicyclic amines) is 2. The van der Waals surface area contributed by atoms with Crippen molar-refractivity contribution in [1.29, 1.82) is 0 Å². The molecule has 2 aliphatic rings. The number of nitrogen functional groups attached to an aromatic ring is 1. The van der Waals surface area contributed by atoms with Gasteiger partial charge in [0, 0.05) is 38.0 Å². The Morgan fingerprint density at radius 3 is 2.43 bits per heavy atom. The second-order valence-corrected chi connectivity index (χ2v) is 14.8.